The van der Waals surface area contributed by atoms with Gasteiger partial charge >= 0.3 is 0 Å². The highest BCUT2D eigenvalue weighted by Gasteiger charge is 2.24. The monoisotopic (exact) mass is 227 g/mol. The van der Waals surface area contributed by atoms with Crippen LogP contribution in [0.3, 0.4) is 0 Å². The van der Waals surface area contributed by atoms with Crippen LogP contribution in [0.2, 0.25) is 0 Å². The van der Waals surface area contributed by atoms with Crippen LogP contribution in [0.1, 0.15) is 25.0 Å². The second-order valence-electron chi connectivity index (χ2n) is 4.32. The lowest BCUT2D eigenvalue weighted by molar-refractivity contribution is 0.333. The molecule has 0 aliphatic carbocycles. The minimum Gasteiger partial charge on any atom is -0.492 e. The van der Waals surface area contributed by atoms with Crippen molar-refractivity contribution >= 4 is 0 Å². The van der Waals surface area contributed by atoms with E-state index in [1.165, 1.54) is 20.3 Å². The van der Waals surface area contributed by atoms with Crippen LogP contribution in [0.4, 0.5) is 4.39 Å². The second-order valence-corrected chi connectivity index (χ2v) is 4.32. The Bertz CT molecular complexity index is 397. The number of rotatable bonds is 3. The maximum atomic E-state index is 13.7. The molecule has 0 atom stereocenters. The SMILES string of the molecule is COc1c(F)cc(C(C)(C)N)c(C)c1OC. The van der Waals surface area contributed by atoms with Gasteiger partial charge in [-0.15, -0.1) is 0 Å². The van der Waals surface area contributed by atoms with Crippen molar-refractivity contribution in [3.63, 3.8) is 0 Å². The molecule has 0 saturated carbocycles. The van der Waals surface area contributed by atoms with Gasteiger partial charge in [0.05, 0.1) is 14.2 Å². The van der Waals surface area contributed by atoms with E-state index < -0.39 is 11.4 Å². The van der Waals surface area contributed by atoms with Gasteiger partial charge in [0.2, 0.25) is 0 Å². The minimum absolute atomic E-state index is 0.119. The van der Waals surface area contributed by atoms with Crippen LogP contribution in [0.15, 0.2) is 6.07 Å². The highest BCUT2D eigenvalue weighted by atomic mass is 19.1. The summed E-state index contributed by atoms with van der Waals surface area (Å²) in [6.45, 7) is 5.48. The highest BCUT2D eigenvalue weighted by molar-refractivity contribution is 5.52. The first-order chi connectivity index (χ1) is 7.32. The average molecular weight is 227 g/mol. The van der Waals surface area contributed by atoms with E-state index in [9.17, 15) is 4.39 Å². The van der Waals surface area contributed by atoms with Gasteiger partial charge in [-0.3, -0.25) is 0 Å². The fraction of sp³-hybridized carbons (Fsp3) is 0.500. The third kappa shape index (κ3) is 2.11. The summed E-state index contributed by atoms with van der Waals surface area (Å²) in [4.78, 5) is 0. The van der Waals surface area contributed by atoms with Gasteiger partial charge in [0.1, 0.15) is 0 Å². The van der Waals surface area contributed by atoms with Crippen molar-refractivity contribution in [1.29, 1.82) is 0 Å². The number of nitrogens with two attached hydrogens (primary N) is 1. The normalized spacial score (nSPS) is 11.4. The van der Waals surface area contributed by atoms with Crippen LogP contribution < -0.4 is 15.2 Å². The van der Waals surface area contributed by atoms with Gasteiger partial charge in [-0.1, -0.05) is 0 Å². The molecule has 0 bridgehead atoms. The molecule has 3 nitrogen and oxygen atoms in total. The van der Waals surface area contributed by atoms with E-state index in [1.54, 1.807) is 0 Å². The van der Waals surface area contributed by atoms with Crippen molar-refractivity contribution in [3.05, 3.63) is 23.0 Å². The predicted molar refractivity (Wildman–Crippen MR) is 61.5 cm³/mol. The number of hydrogen-bond donors (Lipinski definition) is 1. The highest BCUT2D eigenvalue weighted by Crippen LogP contribution is 2.38. The fourth-order valence-corrected chi connectivity index (χ4v) is 1.81. The van der Waals surface area contributed by atoms with E-state index in [2.05, 4.69) is 0 Å². The third-order valence-electron chi connectivity index (χ3n) is 2.54. The fourth-order valence-electron chi connectivity index (χ4n) is 1.81. The molecule has 1 aromatic rings. The Morgan fingerprint density at radius 3 is 2.06 bits per heavy atom. The number of benzene rings is 1. The number of hydrogen-bond acceptors (Lipinski definition) is 3. The number of halogens is 1. The Hall–Kier alpha value is -1.29. The van der Waals surface area contributed by atoms with E-state index in [-0.39, 0.29) is 5.75 Å². The van der Waals surface area contributed by atoms with Crippen molar-refractivity contribution in [3.8, 4) is 11.5 Å². The molecular formula is C12H18FNO2. The van der Waals surface area contributed by atoms with Crippen molar-refractivity contribution in [2.24, 2.45) is 5.73 Å². The van der Waals surface area contributed by atoms with E-state index in [1.807, 2.05) is 20.8 Å². The Kier molecular flexibility index (Phi) is 3.43. The molecule has 0 heterocycles. The smallest absolute Gasteiger partial charge is 0.197 e. The molecule has 1 aromatic carbocycles. The summed E-state index contributed by atoms with van der Waals surface area (Å²) in [6, 6.07) is 1.40. The summed E-state index contributed by atoms with van der Waals surface area (Å²) >= 11 is 0. The van der Waals surface area contributed by atoms with Gasteiger partial charge in [0.15, 0.2) is 17.3 Å². The topological polar surface area (TPSA) is 44.5 Å². The minimum atomic E-state index is -0.621. The summed E-state index contributed by atoms with van der Waals surface area (Å²) in [6.07, 6.45) is 0. The van der Waals surface area contributed by atoms with Crippen LogP contribution in [-0.4, -0.2) is 14.2 Å². The largest absolute Gasteiger partial charge is 0.492 e. The first kappa shape index (κ1) is 12.8. The maximum Gasteiger partial charge on any atom is 0.197 e. The van der Waals surface area contributed by atoms with Gasteiger partial charge in [0, 0.05) is 11.1 Å². The van der Waals surface area contributed by atoms with E-state index in [4.69, 9.17) is 15.2 Å². The summed E-state index contributed by atoms with van der Waals surface area (Å²) in [7, 11) is 2.89. The zero-order chi connectivity index (χ0) is 12.5. The standard InChI is InChI=1S/C12H18FNO2/c1-7-8(12(2,3)14)6-9(13)11(16-5)10(7)15-4/h6H,14H2,1-5H3. The van der Waals surface area contributed by atoms with Gasteiger partial charge < -0.3 is 15.2 Å². The first-order valence-corrected chi connectivity index (χ1v) is 5.03. The van der Waals surface area contributed by atoms with E-state index >= 15 is 0 Å². The van der Waals surface area contributed by atoms with Gasteiger partial charge in [-0.2, -0.15) is 0 Å². The number of methoxy groups -OCH3 is 2. The molecule has 2 N–H and O–H groups in total. The van der Waals surface area contributed by atoms with Crippen LogP contribution in [0.5, 0.6) is 11.5 Å². The molecule has 1 rings (SSSR count). The van der Waals surface area contributed by atoms with Crippen molar-refractivity contribution in [2.75, 3.05) is 14.2 Å². The van der Waals surface area contributed by atoms with Crippen molar-refractivity contribution in [2.45, 2.75) is 26.3 Å². The lowest BCUT2D eigenvalue weighted by atomic mass is 9.90. The quantitative estimate of drug-likeness (QED) is 0.862. The Morgan fingerprint density at radius 2 is 1.69 bits per heavy atom. The molecule has 0 aliphatic rings. The van der Waals surface area contributed by atoms with E-state index in [0.717, 1.165) is 5.56 Å². The van der Waals surface area contributed by atoms with Crippen molar-refractivity contribution in [1.82, 2.24) is 0 Å². The molecule has 0 radical (unpaired) electrons. The third-order valence-corrected chi connectivity index (χ3v) is 2.54. The Morgan fingerprint density at radius 1 is 1.19 bits per heavy atom. The summed E-state index contributed by atoms with van der Waals surface area (Å²) in [5, 5.41) is 0. The van der Waals surface area contributed by atoms with Gasteiger partial charge in [-0.05, 0) is 32.4 Å². The predicted octanol–water partition coefficient (Wildman–Crippen LogP) is 2.35. The molecule has 16 heavy (non-hydrogen) atoms. The van der Waals surface area contributed by atoms with Crippen LogP contribution in [0.25, 0.3) is 0 Å². The number of ether oxygens (including phenoxy) is 2. The summed E-state index contributed by atoms with van der Waals surface area (Å²) < 4.78 is 23.9. The van der Waals surface area contributed by atoms with Crippen LogP contribution >= 0.6 is 0 Å². The zero-order valence-electron chi connectivity index (χ0n) is 10.3. The average Bonchev–Trinajstić information content (AvgIpc) is 2.18. The molecule has 0 amide bonds. The lowest BCUT2D eigenvalue weighted by Crippen LogP contribution is -2.30. The molecule has 0 unspecified atom stereocenters. The lowest BCUT2D eigenvalue weighted by Gasteiger charge is -2.24. The molecule has 0 spiro atoms. The Balaban J connectivity index is 3.53. The summed E-state index contributed by atoms with van der Waals surface area (Å²) in [5.41, 5.74) is 6.87. The molecular weight excluding hydrogens is 209 g/mol. The molecule has 0 saturated heterocycles. The molecule has 0 aliphatic heterocycles. The Labute approximate surface area is 95.4 Å². The van der Waals surface area contributed by atoms with Crippen LogP contribution in [-0.2, 0) is 5.54 Å². The first-order valence-electron chi connectivity index (χ1n) is 5.03. The summed E-state index contributed by atoms with van der Waals surface area (Å²) in [5.74, 6) is 0.0579. The van der Waals surface area contributed by atoms with Gasteiger partial charge in [0.25, 0.3) is 0 Å². The molecule has 0 aromatic heterocycles. The van der Waals surface area contributed by atoms with E-state index in [0.29, 0.717) is 11.3 Å². The zero-order valence-corrected chi connectivity index (χ0v) is 10.3. The molecule has 4 heteroatoms. The molecule has 90 valence electrons. The second kappa shape index (κ2) is 4.29. The van der Waals surface area contributed by atoms with Gasteiger partial charge in [-0.25, -0.2) is 4.39 Å². The maximum absolute atomic E-state index is 13.7. The van der Waals surface area contributed by atoms with Crippen LogP contribution in [0, 0.1) is 12.7 Å². The molecule has 0 fully saturated rings. The van der Waals surface area contributed by atoms with Crippen molar-refractivity contribution < 1.29 is 13.9 Å².